The normalized spacial score (nSPS) is 18.1. The van der Waals surface area contributed by atoms with Crippen molar-refractivity contribution in [1.29, 1.82) is 0 Å². The van der Waals surface area contributed by atoms with Gasteiger partial charge in [-0.3, -0.25) is 14.9 Å². The minimum atomic E-state index is -0.452. The third-order valence-electron chi connectivity index (χ3n) is 3.16. The van der Waals surface area contributed by atoms with Crippen LogP contribution >= 0.6 is 0 Å². The number of anilines is 1. The molecule has 0 spiro atoms. The smallest absolute Gasteiger partial charge is 0.243 e. The zero-order valence-corrected chi connectivity index (χ0v) is 11.1. The van der Waals surface area contributed by atoms with E-state index in [1.54, 1.807) is 23.1 Å². The van der Waals surface area contributed by atoms with Crippen LogP contribution < -0.4 is 16.0 Å². The molecule has 1 aromatic heterocycles. The summed E-state index contributed by atoms with van der Waals surface area (Å²) in [5.74, 6) is -0.315. The number of hydrogen-bond acceptors (Lipinski definition) is 5. The molecule has 108 valence electrons. The lowest BCUT2D eigenvalue weighted by molar-refractivity contribution is -0.124. The number of carbonyl (C=O) groups excluding carboxylic acids is 2. The van der Waals surface area contributed by atoms with Crippen LogP contribution in [0, 0.1) is 0 Å². The predicted octanol–water partition coefficient (Wildman–Crippen LogP) is -0.706. The summed E-state index contributed by atoms with van der Waals surface area (Å²) in [6, 6.07) is 6.85. The van der Waals surface area contributed by atoms with Gasteiger partial charge in [-0.25, -0.2) is 4.68 Å². The van der Waals surface area contributed by atoms with Crippen molar-refractivity contribution in [2.24, 2.45) is 0 Å². The van der Waals surface area contributed by atoms with Gasteiger partial charge in [0.25, 0.3) is 0 Å². The molecule has 1 atom stereocenters. The fourth-order valence-electron chi connectivity index (χ4n) is 2.09. The summed E-state index contributed by atoms with van der Waals surface area (Å²) in [4.78, 5) is 23.3. The van der Waals surface area contributed by atoms with Gasteiger partial charge in [-0.2, -0.15) is 0 Å². The van der Waals surface area contributed by atoms with Crippen LogP contribution in [-0.4, -0.2) is 45.9 Å². The van der Waals surface area contributed by atoms with E-state index in [1.165, 1.54) is 0 Å². The van der Waals surface area contributed by atoms with Crippen LogP contribution in [0.25, 0.3) is 5.69 Å². The average Bonchev–Trinajstić information content (AvgIpc) is 3.02. The van der Waals surface area contributed by atoms with Crippen LogP contribution in [0.1, 0.15) is 0 Å². The van der Waals surface area contributed by atoms with Crippen molar-refractivity contribution in [3.8, 4) is 5.69 Å². The highest BCUT2D eigenvalue weighted by atomic mass is 16.2. The number of piperazine rings is 1. The Kier molecular flexibility index (Phi) is 3.61. The molecule has 1 fully saturated rings. The summed E-state index contributed by atoms with van der Waals surface area (Å²) in [5, 5.41) is 16.1. The first-order chi connectivity index (χ1) is 10.2. The largest absolute Gasteiger partial charge is 0.353 e. The van der Waals surface area contributed by atoms with Crippen molar-refractivity contribution in [2.75, 3.05) is 18.4 Å². The third kappa shape index (κ3) is 2.90. The Morgan fingerprint density at radius 2 is 2.24 bits per heavy atom. The Morgan fingerprint density at radius 3 is 2.95 bits per heavy atom. The molecule has 2 amide bonds. The van der Waals surface area contributed by atoms with Gasteiger partial charge in [0, 0.05) is 6.54 Å². The second kappa shape index (κ2) is 5.71. The van der Waals surface area contributed by atoms with Crippen LogP contribution in [-0.2, 0) is 9.59 Å². The SMILES string of the molecule is O=C1CNC(C(=O)Nc2ccccc2-n2ccnn2)CN1. The van der Waals surface area contributed by atoms with Gasteiger partial charge in [0.15, 0.2) is 0 Å². The number of nitrogens with one attached hydrogen (secondary N) is 3. The van der Waals surface area contributed by atoms with E-state index in [4.69, 9.17) is 0 Å². The van der Waals surface area contributed by atoms with Gasteiger partial charge in [-0.1, -0.05) is 17.3 Å². The van der Waals surface area contributed by atoms with Crippen LogP contribution in [0.15, 0.2) is 36.7 Å². The van der Waals surface area contributed by atoms with E-state index >= 15 is 0 Å². The summed E-state index contributed by atoms with van der Waals surface area (Å²) < 4.78 is 1.58. The number of hydrogen-bond donors (Lipinski definition) is 3. The highest BCUT2D eigenvalue weighted by Crippen LogP contribution is 2.18. The number of para-hydroxylation sites is 2. The van der Waals surface area contributed by atoms with Crippen molar-refractivity contribution in [1.82, 2.24) is 25.6 Å². The molecular weight excluding hydrogens is 272 g/mol. The molecule has 1 aromatic carbocycles. The zero-order chi connectivity index (χ0) is 14.7. The minimum absolute atomic E-state index is 0.109. The summed E-state index contributed by atoms with van der Waals surface area (Å²) in [5.41, 5.74) is 1.36. The first-order valence-corrected chi connectivity index (χ1v) is 6.51. The quantitative estimate of drug-likeness (QED) is 0.692. The lowest BCUT2D eigenvalue weighted by atomic mass is 10.2. The number of aromatic nitrogens is 3. The van der Waals surface area contributed by atoms with Gasteiger partial charge in [0.05, 0.1) is 30.3 Å². The molecule has 1 unspecified atom stereocenters. The molecule has 3 rings (SSSR count). The first kappa shape index (κ1) is 13.3. The van der Waals surface area contributed by atoms with E-state index in [-0.39, 0.29) is 24.9 Å². The number of amides is 2. The Labute approximate surface area is 120 Å². The molecule has 0 bridgehead atoms. The van der Waals surface area contributed by atoms with Gasteiger partial charge in [-0.05, 0) is 12.1 Å². The van der Waals surface area contributed by atoms with E-state index in [1.807, 2.05) is 18.2 Å². The topological polar surface area (TPSA) is 101 Å². The average molecular weight is 286 g/mol. The Bertz CT molecular complexity index is 644. The molecule has 0 radical (unpaired) electrons. The molecule has 1 aliphatic rings. The first-order valence-electron chi connectivity index (χ1n) is 6.51. The van der Waals surface area contributed by atoms with Crippen molar-refractivity contribution in [3.05, 3.63) is 36.7 Å². The summed E-state index contributed by atoms with van der Waals surface area (Å²) in [6.07, 6.45) is 3.26. The molecule has 1 saturated heterocycles. The van der Waals surface area contributed by atoms with E-state index < -0.39 is 6.04 Å². The van der Waals surface area contributed by atoms with Gasteiger partial charge >= 0.3 is 0 Å². The number of carbonyl (C=O) groups is 2. The Hall–Kier alpha value is -2.74. The van der Waals surface area contributed by atoms with Crippen LogP contribution in [0.5, 0.6) is 0 Å². The van der Waals surface area contributed by atoms with Crippen LogP contribution in [0.2, 0.25) is 0 Å². The molecule has 8 heteroatoms. The third-order valence-corrected chi connectivity index (χ3v) is 3.16. The fourth-order valence-corrected chi connectivity index (χ4v) is 2.09. The molecule has 21 heavy (non-hydrogen) atoms. The summed E-state index contributed by atoms with van der Waals surface area (Å²) >= 11 is 0. The lowest BCUT2D eigenvalue weighted by Crippen LogP contribution is -2.56. The molecule has 1 aliphatic heterocycles. The number of benzene rings is 1. The van der Waals surface area contributed by atoms with Crippen molar-refractivity contribution in [2.45, 2.75) is 6.04 Å². The highest BCUT2D eigenvalue weighted by molar-refractivity contribution is 5.97. The van der Waals surface area contributed by atoms with Crippen LogP contribution in [0.3, 0.4) is 0 Å². The standard InChI is InChI=1S/C13H14N6O2/c20-12-8-14-10(7-15-12)13(21)17-9-3-1-2-4-11(9)19-6-5-16-18-19/h1-6,10,14H,7-8H2,(H,15,20)(H,17,21). The summed E-state index contributed by atoms with van der Waals surface area (Å²) in [6.45, 7) is 0.416. The van der Waals surface area contributed by atoms with Gasteiger partial charge in [0.1, 0.15) is 6.04 Å². The molecule has 3 N–H and O–H groups in total. The summed E-state index contributed by atoms with van der Waals surface area (Å²) in [7, 11) is 0. The van der Waals surface area contributed by atoms with E-state index in [0.717, 1.165) is 5.69 Å². The minimum Gasteiger partial charge on any atom is -0.353 e. The van der Waals surface area contributed by atoms with Crippen molar-refractivity contribution in [3.63, 3.8) is 0 Å². The van der Waals surface area contributed by atoms with Crippen molar-refractivity contribution >= 4 is 17.5 Å². The monoisotopic (exact) mass is 286 g/mol. The molecule has 2 aromatic rings. The maximum Gasteiger partial charge on any atom is 0.243 e. The highest BCUT2D eigenvalue weighted by Gasteiger charge is 2.24. The maximum atomic E-state index is 12.2. The van der Waals surface area contributed by atoms with Crippen molar-refractivity contribution < 1.29 is 9.59 Å². The van der Waals surface area contributed by atoms with E-state index in [0.29, 0.717) is 5.69 Å². The predicted molar refractivity (Wildman–Crippen MR) is 74.8 cm³/mol. The molecule has 0 saturated carbocycles. The molecule has 8 nitrogen and oxygen atoms in total. The number of nitrogens with zero attached hydrogens (tertiary/aromatic N) is 3. The lowest BCUT2D eigenvalue weighted by Gasteiger charge is -2.23. The second-order valence-electron chi connectivity index (χ2n) is 4.59. The zero-order valence-electron chi connectivity index (χ0n) is 11.1. The molecular formula is C13H14N6O2. The second-order valence-corrected chi connectivity index (χ2v) is 4.59. The molecule has 0 aliphatic carbocycles. The number of rotatable bonds is 3. The van der Waals surface area contributed by atoms with Gasteiger partial charge in [0.2, 0.25) is 11.8 Å². The van der Waals surface area contributed by atoms with Gasteiger partial charge < -0.3 is 10.6 Å². The van der Waals surface area contributed by atoms with Gasteiger partial charge in [-0.15, -0.1) is 5.10 Å². The van der Waals surface area contributed by atoms with E-state index in [9.17, 15) is 9.59 Å². The maximum absolute atomic E-state index is 12.2. The van der Waals surface area contributed by atoms with Crippen LogP contribution in [0.4, 0.5) is 5.69 Å². The Morgan fingerprint density at radius 1 is 1.38 bits per heavy atom. The fraction of sp³-hybridized carbons (Fsp3) is 0.231. The van der Waals surface area contributed by atoms with E-state index in [2.05, 4.69) is 26.3 Å². The Balaban J connectivity index is 1.76. The molecule has 2 heterocycles.